The van der Waals surface area contributed by atoms with Gasteiger partial charge in [0.2, 0.25) is 0 Å². The zero-order valence-electron chi connectivity index (χ0n) is 18.3. The molecule has 166 valence electrons. The Bertz CT molecular complexity index is 703. The van der Waals surface area contributed by atoms with E-state index in [0.29, 0.717) is 17.5 Å². The molecular formula is C22H34N4O4. The van der Waals surface area contributed by atoms with E-state index in [9.17, 15) is 9.59 Å². The van der Waals surface area contributed by atoms with Gasteiger partial charge in [0, 0.05) is 37.9 Å². The first-order valence-electron chi connectivity index (χ1n) is 10.8. The smallest absolute Gasteiger partial charge is 0.344 e. The number of piperidine rings is 1. The summed E-state index contributed by atoms with van der Waals surface area (Å²) in [6.07, 6.45) is 2.38. The Labute approximate surface area is 178 Å². The lowest BCUT2D eigenvalue weighted by atomic mass is 10.0. The quantitative estimate of drug-likeness (QED) is 0.714. The van der Waals surface area contributed by atoms with Crippen LogP contribution in [0.1, 0.15) is 33.6 Å². The first-order chi connectivity index (χ1) is 14.3. The normalized spacial score (nSPS) is 18.7. The zero-order valence-corrected chi connectivity index (χ0v) is 18.3. The SMILES string of the molecule is CC(C)(C)OC(=O)COc1ccc(NC(=O)N2CCN(C3CCNCC3)CC2)cc1. The van der Waals surface area contributed by atoms with Crippen molar-refractivity contribution >= 4 is 17.7 Å². The maximum absolute atomic E-state index is 12.6. The molecule has 0 aliphatic carbocycles. The van der Waals surface area contributed by atoms with E-state index in [1.54, 1.807) is 24.3 Å². The summed E-state index contributed by atoms with van der Waals surface area (Å²) in [6, 6.07) is 7.57. The molecule has 0 unspecified atom stereocenters. The van der Waals surface area contributed by atoms with Crippen molar-refractivity contribution in [2.24, 2.45) is 0 Å². The summed E-state index contributed by atoms with van der Waals surface area (Å²) in [5.41, 5.74) is 0.165. The number of carbonyl (C=O) groups is 2. The standard InChI is InChI=1S/C22H34N4O4/c1-22(2,3)30-20(27)16-29-19-6-4-17(5-7-19)24-21(28)26-14-12-25(13-15-26)18-8-10-23-11-9-18/h4-7,18,23H,8-16H2,1-3H3,(H,24,28). The lowest BCUT2D eigenvalue weighted by Gasteiger charge is -2.40. The number of rotatable bonds is 5. The van der Waals surface area contributed by atoms with Crippen molar-refractivity contribution in [3.8, 4) is 5.75 Å². The van der Waals surface area contributed by atoms with Crippen LogP contribution in [0.4, 0.5) is 10.5 Å². The van der Waals surface area contributed by atoms with E-state index in [1.165, 1.54) is 12.8 Å². The summed E-state index contributed by atoms with van der Waals surface area (Å²) >= 11 is 0. The second kappa shape index (κ2) is 10.1. The molecule has 2 amide bonds. The number of amides is 2. The van der Waals surface area contributed by atoms with E-state index < -0.39 is 11.6 Å². The van der Waals surface area contributed by atoms with Crippen LogP contribution in [-0.4, -0.2) is 79.3 Å². The number of anilines is 1. The van der Waals surface area contributed by atoms with Crippen LogP contribution in [0.25, 0.3) is 0 Å². The molecule has 2 N–H and O–H groups in total. The van der Waals surface area contributed by atoms with Crippen LogP contribution >= 0.6 is 0 Å². The highest BCUT2D eigenvalue weighted by molar-refractivity contribution is 5.89. The molecule has 0 aromatic heterocycles. The minimum atomic E-state index is -0.534. The average Bonchev–Trinajstić information content (AvgIpc) is 2.73. The molecule has 2 heterocycles. The van der Waals surface area contributed by atoms with E-state index in [0.717, 1.165) is 39.3 Å². The van der Waals surface area contributed by atoms with Gasteiger partial charge in [0.1, 0.15) is 11.4 Å². The number of piperazine rings is 1. The third-order valence-corrected chi connectivity index (χ3v) is 5.31. The highest BCUT2D eigenvalue weighted by Crippen LogP contribution is 2.18. The van der Waals surface area contributed by atoms with Gasteiger partial charge in [0.25, 0.3) is 0 Å². The van der Waals surface area contributed by atoms with Crippen molar-refractivity contribution in [1.82, 2.24) is 15.1 Å². The topological polar surface area (TPSA) is 83.1 Å². The fourth-order valence-corrected chi connectivity index (χ4v) is 3.81. The minimum Gasteiger partial charge on any atom is -0.482 e. The lowest BCUT2D eigenvalue weighted by Crippen LogP contribution is -2.54. The number of benzene rings is 1. The third-order valence-electron chi connectivity index (χ3n) is 5.31. The maximum atomic E-state index is 12.6. The van der Waals surface area contributed by atoms with E-state index >= 15 is 0 Å². The van der Waals surface area contributed by atoms with E-state index in [4.69, 9.17) is 9.47 Å². The molecule has 3 rings (SSSR count). The fourth-order valence-electron chi connectivity index (χ4n) is 3.81. The van der Waals surface area contributed by atoms with Crippen LogP contribution in [0.2, 0.25) is 0 Å². The first-order valence-corrected chi connectivity index (χ1v) is 10.8. The molecule has 30 heavy (non-hydrogen) atoms. The number of ether oxygens (including phenoxy) is 2. The van der Waals surface area contributed by atoms with Crippen LogP contribution in [-0.2, 0) is 9.53 Å². The largest absolute Gasteiger partial charge is 0.482 e. The van der Waals surface area contributed by atoms with Crippen LogP contribution in [0.15, 0.2) is 24.3 Å². The van der Waals surface area contributed by atoms with Crippen molar-refractivity contribution in [1.29, 1.82) is 0 Å². The highest BCUT2D eigenvalue weighted by Gasteiger charge is 2.27. The molecule has 1 aromatic rings. The predicted octanol–water partition coefficient (Wildman–Crippen LogP) is 2.31. The van der Waals surface area contributed by atoms with Gasteiger partial charge in [-0.1, -0.05) is 0 Å². The summed E-state index contributed by atoms with van der Waals surface area (Å²) in [5.74, 6) is 0.137. The Morgan fingerprint density at radius 2 is 1.70 bits per heavy atom. The summed E-state index contributed by atoms with van der Waals surface area (Å²) in [5, 5.41) is 6.34. The molecule has 0 saturated carbocycles. The summed E-state index contributed by atoms with van der Waals surface area (Å²) in [4.78, 5) is 28.7. The predicted molar refractivity (Wildman–Crippen MR) is 116 cm³/mol. The number of nitrogens with zero attached hydrogens (tertiary/aromatic N) is 2. The molecule has 2 aliphatic heterocycles. The van der Waals surface area contributed by atoms with Crippen molar-refractivity contribution in [2.45, 2.75) is 45.3 Å². The van der Waals surface area contributed by atoms with E-state index in [1.807, 2.05) is 25.7 Å². The Balaban J connectivity index is 1.41. The van der Waals surface area contributed by atoms with Crippen LogP contribution in [0.3, 0.4) is 0 Å². The lowest BCUT2D eigenvalue weighted by molar-refractivity contribution is -0.157. The summed E-state index contributed by atoms with van der Waals surface area (Å²) in [7, 11) is 0. The molecule has 8 heteroatoms. The van der Waals surface area contributed by atoms with Crippen molar-refractivity contribution in [3.63, 3.8) is 0 Å². The van der Waals surface area contributed by atoms with Crippen molar-refractivity contribution in [3.05, 3.63) is 24.3 Å². The van der Waals surface area contributed by atoms with Crippen LogP contribution < -0.4 is 15.4 Å². The van der Waals surface area contributed by atoms with Crippen LogP contribution in [0.5, 0.6) is 5.75 Å². The number of hydrogen-bond donors (Lipinski definition) is 2. The second-order valence-corrected chi connectivity index (χ2v) is 8.83. The van der Waals surface area contributed by atoms with Gasteiger partial charge < -0.3 is 25.0 Å². The van der Waals surface area contributed by atoms with Gasteiger partial charge in [-0.3, -0.25) is 4.90 Å². The van der Waals surface area contributed by atoms with Gasteiger partial charge in [0.05, 0.1) is 0 Å². The molecule has 0 bridgehead atoms. The zero-order chi connectivity index (χ0) is 21.6. The number of nitrogens with one attached hydrogen (secondary N) is 2. The molecular weight excluding hydrogens is 384 g/mol. The fraction of sp³-hybridized carbons (Fsp3) is 0.636. The van der Waals surface area contributed by atoms with Gasteiger partial charge in [-0.15, -0.1) is 0 Å². The molecule has 0 atom stereocenters. The third kappa shape index (κ3) is 6.88. The Kier molecular flexibility index (Phi) is 7.55. The number of esters is 1. The van der Waals surface area contributed by atoms with E-state index in [2.05, 4.69) is 15.5 Å². The monoisotopic (exact) mass is 418 g/mol. The molecule has 0 spiro atoms. The molecule has 2 fully saturated rings. The summed E-state index contributed by atoms with van der Waals surface area (Å²) < 4.78 is 10.7. The van der Waals surface area contributed by atoms with E-state index in [-0.39, 0.29) is 12.6 Å². The number of carbonyl (C=O) groups excluding carboxylic acids is 2. The molecule has 2 saturated heterocycles. The molecule has 1 aromatic carbocycles. The molecule has 8 nitrogen and oxygen atoms in total. The maximum Gasteiger partial charge on any atom is 0.344 e. The van der Waals surface area contributed by atoms with Gasteiger partial charge in [-0.05, 0) is 71.0 Å². The Hall–Kier alpha value is -2.32. The number of hydrogen-bond acceptors (Lipinski definition) is 6. The van der Waals surface area contributed by atoms with Gasteiger partial charge in [-0.25, -0.2) is 9.59 Å². The number of urea groups is 1. The minimum absolute atomic E-state index is 0.0811. The average molecular weight is 419 g/mol. The molecule has 0 radical (unpaired) electrons. The van der Waals surface area contributed by atoms with Crippen molar-refractivity contribution in [2.75, 3.05) is 51.2 Å². The second-order valence-electron chi connectivity index (χ2n) is 8.83. The van der Waals surface area contributed by atoms with Crippen LogP contribution in [0, 0.1) is 0 Å². The van der Waals surface area contributed by atoms with Gasteiger partial charge in [-0.2, -0.15) is 0 Å². The van der Waals surface area contributed by atoms with Crippen molar-refractivity contribution < 1.29 is 19.1 Å². The Morgan fingerprint density at radius 1 is 1.07 bits per heavy atom. The van der Waals surface area contributed by atoms with Gasteiger partial charge in [0.15, 0.2) is 6.61 Å². The first kappa shape index (κ1) is 22.4. The summed E-state index contributed by atoms with van der Waals surface area (Å²) in [6.45, 7) is 10.8. The van der Waals surface area contributed by atoms with Gasteiger partial charge >= 0.3 is 12.0 Å². The highest BCUT2D eigenvalue weighted by atomic mass is 16.6. The molecule has 2 aliphatic rings. The Morgan fingerprint density at radius 3 is 2.30 bits per heavy atom.